The van der Waals surface area contributed by atoms with Crippen LogP contribution in [0.4, 0.5) is 13.2 Å². The van der Waals surface area contributed by atoms with E-state index in [1.807, 2.05) is 20.8 Å². The standard InChI is InChI=1S/C14H25F3N2O/c1-4-6-19(9-14(15,16)17)8-13(18)10-5-7-20-11(10)12(13,2)3/h10-11H,4-9,18H2,1-3H3. The summed E-state index contributed by atoms with van der Waals surface area (Å²) in [7, 11) is 0. The maximum absolute atomic E-state index is 12.7. The molecule has 2 aliphatic rings. The van der Waals surface area contributed by atoms with Crippen molar-refractivity contribution < 1.29 is 17.9 Å². The first-order valence-corrected chi connectivity index (χ1v) is 7.31. The van der Waals surface area contributed by atoms with Crippen LogP contribution in [-0.2, 0) is 4.74 Å². The van der Waals surface area contributed by atoms with Gasteiger partial charge in [-0.05, 0) is 19.4 Å². The average molecular weight is 294 g/mol. The molecule has 0 radical (unpaired) electrons. The number of nitrogens with zero attached hydrogens (tertiary/aromatic N) is 1. The number of alkyl halides is 3. The van der Waals surface area contributed by atoms with Crippen molar-refractivity contribution in [2.75, 3.05) is 26.2 Å². The summed E-state index contributed by atoms with van der Waals surface area (Å²) in [6, 6.07) is 0. The maximum atomic E-state index is 12.7. The fourth-order valence-corrected chi connectivity index (χ4v) is 3.95. The van der Waals surface area contributed by atoms with Gasteiger partial charge in [0.05, 0.1) is 12.6 Å². The molecule has 3 atom stereocenters. The molecule has 0 spiro atoms. The zero-order valence-electron chi connectivity index (χ0n) is 12.5. The zero-order chi connectivity index (χ0) is 15.2. The molecule has 1 saturated heterocycles. The van der Waals surface area contributed by atoms with Gasteiger partial charge in [0.15, 0.2) is 0 Å². The van der Waals surface area contributed by atoms with Crippen LogP contribution in [0.1, 0.15) is 33.6 Å². The van der Waals surface area contributed by atoms with Crippen LogP contribution in [0, 0.1) is 11.3 Å². The lowest BCUT2D eigenvalue weighted by atomic mass is 9.48. The molecule has 6 heteroatoms. The van der Waals surface area contributed by atoms with Crippen molar-refractivity contribution in [1.29, 1.82) is 0 Å². The highest BCUT2D eigenvalue weighted by Gasteiger charge is 2.67. The van der Waals surface area contributed by atoms with Gasteiger partial charge in [-0.15, -0.1) is 0 Å². The minimum absolute atomic E-state index is 0.0989. The summed E-state index contributed by atoms with van der Waals surface area (Å²) in [5.41, 5.74) is 5.67. The molecule has 3 nitrogen and oxygen atoms in total. The number of hydrogen-bond donors (Lipinski definition) is 1. The second-order valence-electron chi connectivity index (χ2n) is 6.77. The Kier molecular flexibility index (Phi) is 4.13. The summed E-state index contributed by atoms with van der Waals surface area (Å²) in [6.45, 7) is 6.41. The van der Waals surface area contributed by atoms with E-state index in [1.165, 1.54) is 4.90 Å². The molecule has 0 aromatic rings. The number of rotatable bonds is 5. The van der Waals surface area contributed by atoms with Gasteiger partial charge in [0, 0.05) is 30.0 Å². The molecule has 2 fully saturated rings. The second-order valence-corrected chi connectivity index (χ2v) is 6.77. The summed E-state index contributed by atoms with van der Waals surface area (Å²) >= 11 is 0. The second kappa shape index (κ2) is 5.14. The van der Waals surface area contributed by atoms with Gasteiger partial charge in [0.2, 0.25) is 0 Å². The molecular formula is C14H25F3N2O. The molecule has 118 valence electrons. The lowest BCUT2D eigenvalue weighted by Crippen LogP contribution is -2.78. The van der Waals surface area contributed by atoms with Crippen LogP contribution in [0.5, 0.6) is 0 Å². The Morgan fingerprint density at radius 3 is 2.55 bits per heavy atom. The first kappa shape index (κ1) is 16.0. The van der Waals surface area contributed by atoms with Crippen molar-refractivity contribution in [3.8, 4) is 0 Å². The van der Waals surface area contributed by atoms with Crippen LogP contribution in [0.15, 0.2) is 0 Å². The highest BCUT2D eigenvalue weighted by molar-refractivity contribution is 5.21. The monoisotopic (exact) mass is 294 g/mol. The van der Waals surface area contributed by atoms with Gasteiger partial charge < -0.3 is 10.5 Å². The van der Waals surface area contributed by atoms with E-state index in [4.69, 9.17) is 10.5 Å². The molecule has 0 amide bonds. The van der Waals surface area contributed by atoms with Gasteiger partial charge in [-0.3, -0.25) is 4.90 Å². The summed E-state index contributed by atoms with van der Waals surface area (Å²) in [5, 5.41) is 0. The van der Waals surface area contributed by atoms with E-state index in [9.17, 15) is 13.2 Å². The van der Waals surface area contributed by atoms with Crippen LogP contribution < -0.4 is 5.73 Å². The van der Waals surface area contributed by atoms with Gasteiger partial charge in [-0.1, -0.05) is 20.8 Å². The Balaban J connectivity index is 2.09. The summed E-state index contributed by atoms with van der Waals surface area (Å²) < 4.78 is 43.7. The quantitative estimate of drug-likeness (QED) is 0.846. The van der Waals surface area contributed by atoms with Crippen molar-refractivity contribution in [3.05, 3.63) is 0 Å². The number of ether oxygens (including phenoxy) is 1. The van der Waals surface area contributed by atoms with E-state index in [2.05, 4.69) is 0 Å². The molecule has 1 heterocycles. The SMILES string of the molecule is CCCN(CC(F)(F)F)CC1(N)C2CCOC2C1(C)C. The Hall–Kier alpha value is -0.330. The van der Waals surface area contributed by atoms with Crippen molar-refractivity contribution in [2.24, 2.45) is 17.1 Å². The molecule has 20 heavy (non-hydrogen) atoms. The van der Waals surface area contributed by atoms with E-state index in [1.54, 1.807) is 0 Å². The third kappa shape index (κ3) is 2.57. The molecular weight excluding hydrogens is 269 g/mol. The molecule has 0 aromatic heterocycles. The first-order valence-electron chi connectivity index (χ1n) is 7.31. The average Bonchev–Trinajstić information content (AvgIpc) is 2.74. The van der Waals surface area contributed by atoms with Crippen molar-refractivity contribution >= 4 is 0 Å². The fraction of sp³-hybridized carbons (Fsp3) is 1.00. The predicted octanol–water partition coefficient (Wildman–Crippen LogP) is 2.40. The van der Waals surface area contributed by atoms with E-state index in [-0.39, 0.29) is 24.0 Å². The maximum Gasteiger partial charge on any atom is 0.401 e. The van der Waals surface area contributed by atoms with E-state index >= 15 is 0 Å². The van der Waals surface area contributed by atoms with Gasteiger partial charge in [0.25, 0.3) is 0 Å². The highest BCUT2D eigenvalue weighted by Crippen LogP contribution is 2.58. The van der Waals surface area contributed by atoms with Crippen LogP contribution in [0.25, 0.3) is 0 Å². The minimum atomic E-state index is -4.18. The van der Waals surface area contributed by atoms with E-state index in [0.29, 0.717) is 19.6 Å². The van der Waals surface area contributed by atoms with Crippen molar-refractivity contribution in [1.82, 2.24) is 4.90 Å². The Morgan fingerprint density at radius 2 is 2.00 bits per heavy atom. The van der Waals surface area contributed by atoms with Crippen LogP contribution in [0.2, 0.25) is 0 Å². The summed E-state index contributed by atoms with van der Waals surface area (Å²) in [6.07, 6.45) is -2.53. The Labute approximate surface area is 118 Å². The Bertz CT molecular complexity index is 359. The summed E-state index contributed by atoms with van der Waals surface area (Å²) in [5.74, 6) is 0.185. The molecule has 1 aliphatic heterocycles. The topological polar surface area (TPSA) is 38.5 Å². The molecule has 3 unspecified atom stereocenters. The summed E-state index contributed by atoms with van der Waals surface area (Å²) in [4.78, 5) is 1.45. The third-order valence-corrected chi connectivity index (χ3v) is 5.09. The lowest BCUT2D eigenvalue weighted by Gasteiger charge is -2.63. The number of hydrogen-bond acceptors (Lipinski definition) is 3. The van der Waals surface area contributed by atoms with Crippen LogP contribution in [0.3, 0.4) is 0 Å². The van der Waals surface area contributed by atoms with Gasteiger partial charge in [0.1, 0.15) is 0 Å². The molecule has 0 bridgehead atoms. The molecule has 2 rings (SSSR count). The van der Waals surface area contributed by atoms with Gasteiger partial charge >= 0.3 is 6.18 Å². The van der Waals surface area contributed by atoms with E-state index in [0.717, 1.165) is 6.42 Å². The first-order chi connectivity index (χ1) is 9.12. The molecule has 1 saturated carbocycles. The van der Waals surface area contributed by atoms with Crippen LogP contribution in [-0.4, -0.2) is 49.0 Å². The minimum Gasteiger partial charge on any atom is -0.377 e. The molecule has 0 aromatic carbocycles. The molecule has 1 aliphatic carbocycles. The smallest absolute Gasteiger partial charge is 0.377 e. The number of fused-ring (bicyclic) bond motifs is 1. The third-order valence-electron chi connectivity index (χ3n) is 5.09. The predicted molar refractivity (Wildman–Crippen MR) is 71.3 cm³/mol. The van der Waals surface area contributed by atoms with Crippen molar-refractivity contribution in [3.63, 3.8) is 0 Å². The zero-order valence-corrected chi connectivity index (χ0v) is 12.5. The molecule has 2 N–H and O–H groups in total. The number of halogens is 3. The van der Waals surface area contributed by atoms with Crippen molar-refractivity contribution in [2.45, 2.75) is 51.4 Å². The highest BCUT2D eigenvalue weighted by atomic mass is 19.4. The van der Waals surface area contributed by atoms with Gasteiger partial charge in [-0.25, -0.2) is 0 Å². The number of nitrogens with two attached hydrogens (primary N) is 1. The Morgan fingerprint density at radius 1 is 1.35 bits per heavy atom. The van der Waals surface area contributed by atoms with Crippen LogP contribution >= 0.6 is 0 Å². The van der Waals surface area contributed by atoms with E-state index < -0.39 is 18.3 Å². The lowest BCUT2D eigenvalue weighted by molar-refractivity contribution is -0.181. The largest absolute Gasteiger partial charge is 0.401 e. The normalized spacial score (nSPS) is 36.0. The van der Waals surface area contributed by atoms with Gasteiger partial charge in [-0.2, -0.15) is 13.2 Å². The fourth-order valence-electron chi connectivity index (χ4n) is 3.95.